The number of carboxylic acid groups (broad SMARTS) is 1. The molecule has 4 aromatic rings. The van der Waals surface area contributed by atoms with Crippen molar-refractivity contribution >= 4 is 17.1 Å². The smallest absolute Gasteiger partial charge is 0.309 e. The number of benzene rings is 2. The Morgan fingerprint density at radius 3 is 2.61 bits per heavy atom. The molecule has 5 nitrogen and oxygen atoms in total. The van der Waals surface area contributed by atoms with Crippen LogP contribution in [0.15, 0.2) is 71.3 Å². The Kier molecular flexibility index (Phi) is 5.00. The first kappa shape index (κ1) is 19.5. The average molecular weight is 416 g/mol. The van der Waals surface area contributed by atoms with Crippen molar-refractivity contribution in [1.29, 1.82) is 0 Å². The van der Waals surface area contributed by atoms with Gasteiger partial charge in [-0.25, -0.2) is 9.37 Å². The predicted molar refractivity (Wildman–Crippen MR) is 115 cm³/mol. The molecule has 0 spiro atoms. The highest BCUT2D eigenvalue weighted by Crippen LogP contribution is 2.30. The minimum absolute atomic E-state index is 0.320. The lowest BCUT2D eigenvalue weighted by Crippen LogP contribution is -2.49. The highest BCUT2D eigenvalue weighted by Gasteiger charge is 2.32. The third kappa shape index (κ3) is 4.07. The second-order valence-corrected chi connectivity index (χ2v) is 8.05. The largest absolute Gasteiger partial charge is 0.481 e. The minimum atomic E-state index is -0.775. The van der Waals surface area contributed by atoms with Crippen LogP contribution in [0.25, 0.3) is 22.4 Å². The van der Waals surface area contributed by atoms with Crippen molar-refractivity contribution in [3.63, 3.8) is 0 Å². The van der Waals surface area contributed by atoms with Gasteiger partial charge in [-0.05, 0) is 47.4 Å². The third-order valence-corrected chi connectivity index (χ3v) is 5.69. The van der Waals surface area contributed by atoms with E-state index in [1.807, 2.05) is 41.3 Å². The lowest BCUT2D eigenvalue weighted by molar-refractivity contribution is -0.147. The van der Waals surface area contributed by atoms with Gasteiger partial charge in [0.15, 0.2) is 0 Å². The maximum atomic E-state index is 14.8. The van der Waals surface area contributed by atoms with Crippen LogP contribution in [0, 0.1) is 11.7 Å². The number of hydrogen-bond acceptors (Lipinski definition) is 4. The molecule has 1 aliphatic rings. The van der Waals surface area contributed by atoms with Gasteiger partial charge in [-0.3, -0.25) is 9.69 Å². The summed E-state index contributed by atoms with van der Waals surface area (Å²) >= 11 is 0. The van der Waals surface area contributed by atoms with Gasteiger partial charge in [-0.1, -0.05) is 36.4 Å². The van der Waals surface area contributed by atoms with Crippen molar-refractivity contribution in [2.45, 2.75) is 13.0 Å². The van der Waals surface area contributed by atoms with E-state index in [0.29, 0.717) is 36.7 Å². The Bertz CT molecular complexity index is 1250. The molecule has 0 unspecified atom stereocenters. The molecule has 156 valence electrons. The van der Waals surface area contributed by atoms with Gasteiger partial charge in [0.25, 0.3) is 0 Å². The quantitative estimate of drug-likeness (QED) is 0.492. The molecule has 1 N–H and O–H groups in total. The fourth-order valence-corrected chi connectivity index (χ4v) is 4.01. The molecule has 6 heteroatoms. The average Bonchev–Trinajstić information content (AvgIpc) is 3.14. The number of halogens is 1. The summed E-state index contributed by atoms with van der Waals surface area (Å²) in [7, 11) is 0. The van der Waals surface area contributed by atoms with Crippen molar-refractivity contribution in [2.75, 3.05) is 13.1 Å². The first-order valence-electron chi connectivity index (χ1n) is 10.2. The van der Waals surface area contributed by atoms with Gasteiger partial charge in [-0.2, -0.15) is 0 Å². The summed E-state index contributed by atoms with van der Waals surface area (Å²) in [6, 6.07) is 19.1. The number of nitrogens with zero attached hydrogens (tertiary/aromatic N) is 2. The van der Waals surface area contributed by atoms with Crippen LogP contribution < -0.4 is 0 Å². The summed E-state index contributed by atoms with van der Waals surface area (Å²) in [5.41, 5.74) is 3.94. The maximum Gasteiger partial charge on any atom is 0.309 e. The van der Waals surface area contributed by atoms with Gasteiger partial charge in [-0.15, -0.1) is 0 Å². The van der Waals surface area contributed by atoms with Crippen molar-refractivity contribution < 1.29 is 18.7 Å². The van der Waals surface area contributed by atoms with Crippen LogP contribution in [0.3, 0.4) is 0 Å². The number of carbonyl (C=O) groups is 1. The van der Waals surface area contributed by atoms with Crippen LogP contribution in [0.4, 0.5) is 4.39 Å². The number of aliphatic carboxylic acids is 1. The van der Waals surface area contributed by atoms with Crippen LogP contribution in [0.5, 0.6) is 0 Å². The van der Waals surface area contributed by atoms with Crippen molar-refractivity contribution in [3.8, 4) is 11.3 Å². The SMILES string of the molecule is O=C(O)C1CN(Cc2ccc(-c3cc4cc(Cc5ccccc5)cnc4o3)c(F)c2)C1. The molecule has 1 saturated heterocycles. The monoisotopic (exact) mass is 416 g/mol. The molecule has 0 aliphatic carbocycles. The number of fused-ring (bicyclic) bond motifs is 1. The molecule has 3 heterocycles. The summed E-state index contributed by atoms with van der Waals surface area (Å²) in [4.78, 5) is 17.3. The standard InChI is InChI=1S/C25H21FN2O3/c26-22-10-17(13-28-14-20(15-28)25(29)30)6-7-21(22)23-11-19-9-18(12-27-24(19)31-23)8-16-4-2-1-3-5-16/h1-7,9-12,20H,8,13-15H2,(H,29,30). The Labute approximate surface area is 178 Å². The number of hydrogen-bond donors (Lipinski definition) is 1. The van der Waals surface area contributed by atoms with Gasteiger partial charge in [0.05, 0.1) is 11.5 Å². The van der Waals surface area contributed by atoms with Crippen LogP contribution >= 0.6 is 0 Å². The molecule has 1 fully saturated rings. The normalized spacial score (nSPS) is 14.6. The van der Waals surface area contributed by atoms with Crippen LogP contribution in [-0.4, -0.2) is 34.0 Å². The summed E-state index contributed by atoms with van der Waals surface area (Å²) in [5.74, 6) is -1.02. The molecular formula is C25H21FN2O3. The second-order valence-electron chi connectivity index (χ2n) is 8.05. The van der Waals surface area contributed by atoms with Crippen LogP contribution in [0.1, 0.15) is 16.7 Å². The van der Waals surface area contributed by atoms with E-state index in [9.17, 15) is 9.18 Å². The first-order valence-corrected chi connectivity index (χ1v) is 10.2. The molecule has 0 saturated carbocycles. The number of likely N-dealkylation sites (tertiary alicyclic amines) is 1. The zero-order valence-electron chi connectivity index (χ0n) is 16.8. The van der Waals surface area contributed by atoms with Crippen molar-refractivity contribution in [3.05, 3.63) is 89.4 Å². The van der Waals surface area contributed by atoms with Crippen LogP contribution in [-0.2, 0) is 17.8 Å². The Morgan fingerprint density at radius 2 is 1.87 bits per heavy atom. The van der Waals surface area contributed by atoms with E-state index in [1.165, 1.54) is 11.6 Å². The second kappa shape index (κ2) is 7.96. The van der Waals surface area contributed by atoms with Crippen molar-refractivity contribution in [2.24, 2.45) is 5.92 Å². The molecule has 0 amide bonds. The molecule has 31 heavy (non-hydrogen) atoms. The van der Waals surface area contributed by atoms with Crippen LogP contribution in [0.2, 0.25) is 0 Å². The zero-order valence-corrected chi connectivity index (χ0v) is 16.8. The lowest BCUT2D eigenvalue weighted by atomic mass is 9.99. The fraction of sp³-hybridized carbons (Fsp3) is 0.200. The maximum absolute atomic E-state index is 14.8. The highest BCUT2D eigenvalue weighted by atomic mass is 19.1. The molecule has 0 bridgehead atoms. The molecule has 2 aromatic heterocycles. The summed E-state index contributed by atoms with van der Waals surface area (Å²) in [6.45, 7) is 1.53. The van der Waals surface area contributed by atoms with E-state index in [1.54, 1.807) is 12.3 Å². The molecule has 2 aromatic carbocycles. The van der Waals surface area contributed by atoms with Gasteiger partial charge in [0, 0.05) is 31.2 Å². The van der Waals surface area contributed by atoms with E-state index >= 15 is 0 Å². The Morgan fingerprint density at radius 1 is 1.06 bits per heavy atom. The van der Waals surface area contributed by atoms with Gasteiger partial charge in [0.2, 0.25) is 5.71 Å². The zero-order chi connectivity index (χ0) is 21.4. The summed E-state index contributed by atoms with van der Waals surface area (Å²) in [6.07, 6.45) is 2.56. The molecule has 1 aliphatic heterocycles. The third-order valence-electron chi connectivity index (χ3n) is 5.69. The first-order chi connectivity index (χ1) is 15.0. The predicted octanol–water partition coefficient (Wildman–Crippen LogP) is 4.74. The number of furan rings is 1. The van der Waals surface area contributed by atoms with E-state index in [-0.39, 0.29) is 11.7 Å². The summed E-state index contributed by atoms with van der Waals surface area (Å²) in [5, 5.41) is 9.81. The number of carboxylic acids is 1. The van der Waals surface area contributed by atoms with Crippen molar-refractivity contribution in [1.82, 2.24) is 9.88 Å². The lowest BCUT2D eigenvalue weighted by Gasteiger charge is -2.36. The number of pyridine rings is 1. The molecular weight excluding hydrogens is 395 g/mol. The van der Waals surface area contributed by atoms with Gasteiger partial charge < -0.3 is 9.52 Å². The Hall–Kier alpha value is -3.51. The fourth-order valence-electron chi connectivity index (χ4n) is 4.01. The van der Waals surface area contributed by atoms with E-state index in [2.05, 4.69) is 17.1 Å². The van der Waals surface area contributed by atoms with E-state index < -0.39 is 5.97 Å². The van der Waals surface area contributed by atoms with E-state index in [0.717, 1.165) is 22.9 Å². The molecule has 0 atom stereocenters. The van der Waals surface area contributed by atoms with Gasteiger partial charge >= 0.3 is 5.97 Å². The Balaban J connectivity index is 1.33. The number of rotatable bonds is 6. The molecule has 0 radical (unpaired) electrons. The minimum Gasteiger partial charge on any atom is -0.481 e. The molecule has 5 rings (SSSR count). The topological polar surface area (TPSA) is 66.6 Å². The number of aromatic nitrogens is 1. The summed E-state index contributed by atoms with van der Waals surface area (Å²) < 4.78 is 20.6. The van der Waals surface area contributed by atoms with Gasteiger partial charge in [0.1, 0.15) is 11.6 Å². The van der Waals surface area contributed by atoms with E-state index in [4.69, 9.17) is 9.52 Å². The highest BCUT2D eigenvalue weighted by molar-refractivity contribution is 5.80.